The summed E-state index contributed by atoms with van der Waals surface area (Å²) in [6, 6.07) is 26.5. The number of piperazine rings is 1. The molecule has 3 aromatic rings. The Morgan fingerprint density at radius 2 is 1.25 bits per heavy atom. The summed E-state index contributed by atoms with van der Waals surface area (Å²) in [5.41, 5.74) is 3.34. The van der Waals surface area contributed by atoms with Crippen molar-refractivity contribution in [2.75, 3.05) is 43.4 Å². The molecule has 3 amide bonds. The molecule has 1 aliphatic heterocycles. The maximum Gasteiger partial charge on any atom is 0.323 e. The van der Waals surface area contributed by atoms with Crippen LogP contribution in [-0.2, 0) is 6.42 Å². The highest BCUT2D eigenvalue weighted by Gasteiger charge is 2.22. The van der Waals surface area contributed by atoms with Crippen molar-refractivity contribution in [3.63, 3.8) is 0 Å². The fourth-order valence-electron chi connectivity index (χ4n) is 3.80. The Hall–Kier alpha value is -3.64. The van der Waals surface area contributed by atoms with Gasteiger partial charge in [-0.05, 0) is 48.4 Å². The molecule has 4 rings (SSSR count). The molecule has 3 aromatic carbocycles. The van der Waals surface area contributed by atoms with Crippen LogP contribution in [0.25, 0.3) is 0 Å². The van der Waals surface area contributed by atoms with E-state index in [-0.39, 0.29) is 11.9 Å². The molecule has 164 valence electrons. The van der Waals surface area contributed by atoms with Gasteiger partial charge in [-0.25, -0.2) is 4.79 Å². The van der Waals surface area contributed by atoms with Crippen LogP contribution in [0.3, 0.4) is 0 Å². The lowest BCUT2D eigenvalue weighted by Gasteiger charge is -2.34. The third-order valence-electron chi connectivity index (χ3n) is 5.64. The van der Waals surface area contributed by atoms with E-state index in [0.717, 1.165) is 44.8 Å². The van der Waals surface area contributed by atoms with Gasteiger partial charge in [0.25, 0.3) is 5.91 Å². The molecule has 2 N–H and O–H groups in total. The SMILES string of the molecule is O=C(Nc1ccccc1)Nc1ccc(C(=O)N2CCN(CCc3ccccc3)CC2)cc1. The zero-order valence-corrected chi connectivity index (χ0v) is 18.0. The minimum Gasteiger partial charge on any atom is -0.336 e. The van der Waals surface area contributed by atoms with E-state index in [9.17, 15) is 9.59 Å². The van der Waals surface area contributed by atoms with E-state index in [0.29, 0.717) is 11.3 Å². The van der Waals surface area contributed by atoms with Crippen molar-refractivity contribution in [1.82, 2.24) is 9.80 Å². The third-order valence-corrected chi connectivity index (χ3v) is 5.64. The Balaban J connectivity index is 1.23. The predicted molar refractivity (Wildman–Crippen MR) is 128 cm³/mol. The largest absolute Gasteiger partial charge is 0.336 e. The Morgan fingerprint density at radius 1 is 0.688 bits per heavy atom. The maximum atomic E-state index is 12.9. The van der Waals surface area contributed by atoms with Crippen LogP contribution < -0.4 is 10.6 Å². The molecule has 0 bridgehead atoms. The Labute approximate surface area is 188 Å². The Kier molecular flexibility index (Phi) is 7.15. The summed E-state index contributed by atoms with van der Waals surface area (Å²) in [5.74, 6) is 0.0352. The van der Waals surface area contributed by atoms with Gasteiger partial charge in [-0.15, -0.1) is 0 Å². The zero-order valence-electron chi connectivity index (χ0n) is 18.0. The fraction of sp³-hybridized carbons (Fsp3) is 0.231. The topological polar surface area (TPSA) is 64.7 Å². The quantitative estimate of drug-likeness (QED) is 0.614. The van der Waals surface area contributed by atoms with Gasteiger partial charge in [-0.1, -0.05) is 48.5 Å². The fourth-order valence-corrected chi connectivity index (χ4v) is 3.80. The number of benzene rings is 3. The number of carbonyl (C=O) groups is 2. The number of nitrogens with zero attached hydrogens (tertiary/aromatic N) is 2. The van der Waals surface area contributed by atoms with Gasteiger partial charge < -0.3 is 15.5 Å². The first-order valence-electron chi connectivity index (χ1n) is 11.0. The lowest BCUT2D eigenvalue weighted by molar-refractivity contribution is 0.0638. The normalized spacial score (nSPS) is 14.1. The van der Waals surface area contributed by atoms with Crippen molar-refractivity contribution >= 4 is 23.3 Å². The second-order valence-electron chi connectivity index (χ2n) is 7.89. The zero-order chi connectivity index (χ0) is 22.2. The number of hydrogen-bond acceptors (Lipinski definition) is 3. The lowest BCUT2D eigenvalue weighted by atomic mass is 10.1. The first-order valence-corrected chi connectivity index (χ1v) is 11.0. The smallest absolute Gasteiger partial charge is 0.323 e. The molecule has 0 aromatic heterocycles. The molecule has 32 heavy (non-hydrogen) atoms. The van der Waals surface area contributed by atoms with Crippen molar-refractivity contribution in [2.45, 2.75) is 6.42 Å². The summed E-state index contributed by atoms with van der Waals surface area (Å²) in [7, 11) is 0. The van der Waals surface area contributed by atoms with Crippen molar-refractivity contribution in [3.8, 4) is 0 Å². The van der Waals surface area contributed by atoms with Gasteiger partial charge in [0.15, 0.2) is 0 Å². The standard InChI is InChI=1S/C26H28N4O2/c31-25(30-19-17-29(18-20-30)16-15-21-7-3-1-4-8-21)22-11-13-24(14-12-22)28-26(32)27-23-9-5-2-6-10-23/h1-14H,15-20H2,(H2,27,28,32). The number of urea groups is 1. The highest BCUT2D eigenvalue weighted by atomic mass is 16.2. The van der Waals surface area contributed by atoms with Gasteiger partial charge in [0.2, 0.25) is 0 Å². The predicted octanol–water partition coefficient (Wildman–Crippen LogP) is 4.33. The summed E-state index contributed by atoms with van der Waals surface area (Å²) < 4.78 is 0. The summed E-state index contributed by atoms with van der Waals surface area (Å²) >= 11 is 0. The highest BCUT2D eigenvalue weighted by molar-refractivity contribution is 6.00. The third kappa shape index (κ3) is 5.95. The molecule has 1 heterocycles. The summed E-state index contributed by atoms with van der Waals surface area (Å²) in [4.78, 5) is 29.3. The Morgan fingerprint density at radius 3 is 1.88 bits per heavy atom. The van der Waals surface area contributed by atoms with Gasteiger partial charge in [-0.3, -0.25) is 9.69 Å². The van der Waals surface area contributed by atoms with Crippen LogP contribution in [0.5, 0.6) is 0 Å². The lowest BCUT2D eigenvalue weighted by Crippen LogP contribution is -2.49. The summed E-state index contributed by atoms with van der Waals surface area (Å²) in [6.07, 6.45) is 1.03. The molecule has 0 atom stereocenters. The van der Waals surface area contributed by atoms with Crippen LogP contribution in [0.4, 0.5) is 16.2 Å². The van der Waals surface area contributed by atoms with E-state index in [4.69, 9.17) is 0 Å². The van der Waals surface area contributed by atoms with E-state index in [2.05, 4.69) is 39.8 Å². The minimum atomic E-state index is -0.318. The number of hydrogen-bond donors (Lipinski definition) is 2. The number of para-hydroxylation sites is 1. The molecule has 0 spiro atoms. The van der Waals surface area contributed by atoms with Crippen LogP contribution in [0.1, 0.15) is 15.9 Å². The van der Waals surface area contributed by atoms with Gasteiger partial charge in [0.05, 0.1) is 0 Å². The number of nitrogens with one attached hydrogen (secondary N) is 2. The molecule has 0 saturated carbocycles. The second kappa shape index (κ2) is 10.6. The van der Waals surface area contributed by atoms with Crippen molar-refractivity contribution in [3.05, 3.63) is 96.1 Å². The number of carbonyl (C=O) groups excluding carboxylic acids is 2. The number of rotatable bonds is 6. The molecule has 0 unspecified atom stereocenters. The molecule has 6 nitrogen and oxygen atoms in total. The second-order valence-corrected chi connectivity index (χ2v) is 7.89. The Bertz CT molecular complexity index is 1010. The monoisotopic (exact) mass is 428 g/mol. The van der Waals surface area contributed by atoms with E-state index in [1.54, 1.807) is 24.3 Å². The average molecular weight is 429 g/mol. The van der Waals surface area contributed by atoms with Crippen molar-refractivity contribution in [1.29, 1.82) is 0 Å². The van der Waals surface area contributed by atoms with Crippen LogP contribution in [-0.4, -0.2) is 54.5 Å². The van der Waals surface area contributed by atoms with E-state index >= 15 is 0 Å². The van der Waals surface area contributed by atoms with Crippen LogP contribution in [0.2, 0.25) is 0 Å². The average Bonchev–Trinajstić information content (AvgIpc) is 2.84. The molecule has 0 radical (unpaired) electrons. The van der Waals surface area contributed by atoms with Gasteiger partial charge in [-0.2, -0.15) is 0 Å². The van der Waals surface area contributed by atoms with Crippen LogP contribution >= 0.6 is 0 Å². The maximum absolute atomic E-state index is 12.9. The van der Waals surface area contributed by atoms with Gasteiger partial charge in [0.1, 0.15) is 0 Å². The molecular formula is C26H28N4O2. The molecule has 1 fully saturated rings. The van der Waals surface area contributed by atoms with Crippen molar-refractivity contribution < 1.29 is 9.59 Å². The minimum absolute atomic E-state index is 0.0352. The molecule has 1 saturated heterocycles. The van der Waals surface area contributed by atoms with E-state index in [1.165, 1.54) is 5.56 Å². The van der Waals surface area contributed by atoms with E-state index in [1.807, 2.05) is 41.3 Å². The number of amides is 3. The van der Waals surface area contributed by atoms with Crippen molar-refractivity contribution in [2.24, 2.45) is 0 Å². The first-order chi connectivity index (χ1) is 15.7. The van der Waals surface area contributed by atoms with Crippen LogP contribution in [0.15, 0.2) is 84.9 Å². The molecule has 0 aliphatic carbocycles. The summed E-state index contributed by atoms with van der Waals surface area (Å²) in [6.45, 7) is 4.24. The van der Waals surface area contributed by atoms with Gasteiger partial charge >= 0.3 is 6.03 Å². The molecule has 1 aliphatic rings. The number of anilines is 2. The van der Waals surface area contributed by atoms with Crippen LogP contribution in [0, 0.1) is 0 Å². The first kappa shape index (κ1) is 21.6. The molecule has 6 heteroatoms. The van der Waals surface area contributed by atoms with Gasteiger partial charge in [0, 0.05) is 49.7 Å². The van der Waals surface area contributed by atoms with E-state index < -0.39 is 0 Å². The molecular weight excluding hydrogens is 400 g/mol. The highest BCUT2D eigenvalue weighted by Crippen LogP contribution is 2.14. The summed E-state index contributed by atoms with van der Waals surface area (Å²) in [5, 5.41) is 5.56.